The third-order valence-corrected chi connectivity index (χ3v) is 3.12. The van der Waals surface area contributed by atoms with E-state index in [1.165, 1.54) is 0 Å². The van der Waals surface area contributed by atoms with Gasteiger partial charge in [-0.1, -0.05) is 0 Å². The van der Waals surface area contributed by atoms with Crippen molar-refractivity contribution in [1.29, 1.82) is 0 Å². The van der Waals surface area contributed by atoms with Gasteiger partial charge in [0.2, 0.25) is 0 Å². The second kappa shape index (κ2) is 6.02. The van der Waals surface area contributed by atoms with Crippen molar-refractivity contribution in [1.82, 2.24) is 4.90 Å². The highest BCUT2D eigenvalue weighted by Crippen LogP contribution is 2.26. The third kappa shape index (κ3) is 4.02. The van der Waals surface area contributed by atoms with E-state index in [1.54, 1.807) is 12.1 Å². The van der Waals surface area contributed by atoms with Gasteiger partial charge in [0.15, 0.2) is 0 Å². The maximum atomic E-state index is 10.8. The van der Waals surface area contributed by atoms with E-state index in [4.69, 9.17) is 5.11 Å². The molecule has 17 heavy (non-hydrogen) atoms. The number of carboxylic acid groups (broad SMARTS) is 1. The summed E-state index contributed by atoms with van der Waals surface area (Å²) in [6.45, 7) is 1.83. The highest BCUT2D eigenvalue weighted by atomic mass is 79.9. The minimum absolute atomic E-state index is 0.293. The minimum Gasteiger partial charge on any atom is -0.478 e. The number of nitrogens with zero attached hydrogens (tertiary/aromatic N) is 2. The number of aromatic carboxylic acids is 1. The van der Waals surface area contributed by atoms with Crippen LogP contribution in [0.1, 0.15) is 10.4 Å². The molecule has 0 radical (unpaired) electrons. The maximum absolute atomic E-state index is 10.8. The van der Waals surface area contributed by atoms with Crippen molar-refractivity contribution in [3.05, 3.63) is 28.2 Å². The molecule has 94 valence electrons. The van der Waals surface area contributed by atoms with Gasteiger partial charge >= 0.3 is 5.97 Å². The number of carboxylic acids is 1. The zero-order chi connectivity index (χ0) is 13.0. The number of halogens is 1. The first-order valence-electron chi connectivity index (χ1n) is 5.30. The largest absolute Gasteiger partial charge is 0.478 e. The first-order valence-corrected chi connectivity index (χ1v) is 6.10. The Balaban J connectivity index is 2.81. The molecular weight excluding hydrogens is 284 g/mol. The summed E-state index contributed by atoms with van der Waals surface area (Å²) in [4.78, 5) is 15.0. The first-order chi connectivity index (χ1) is 7.91. The Labute approximate surface area is 110 Å². The summed E-state index contributed by atoms with van der Waals surface area (Å²) in [7, 11) is 6.04. The Hall–Kier alpha value is -1.07. The lowest BCUT2D eigenvalue weighted by Gasteiger charge is -2.22. The average Bonchev–Trinajstić information content (AvgIpc) is 2.25. The molecule has 0 amide bonds. The zero-order valence-electron chi connectivity index (χ0n) is 10.3. The van der Waals surface area contributed by atoms with E-state index in [0.29, 0.717) is 5.56 Å². The van der Waals surface area contributed by atoms with E-state index >= 15 is 0 Å². The lowest BCUT2D eigenvalue weighted by Crippen LogP contribution is -2.28. The lowest BCUT2D eigenvalue weighted by molar-refractivity contribution is 0.0697. The van der Waals surface area contributed by atoms with Gasteiger partial charge in [0.1, 0.15) is 0 Å². The number of hydrogen-bond acceptors (Lipinski definition) is 3. The molecule has 1 rings (SSSR count). The maximum Gasteiger partial charge on any atom is 0.335 e. The van der Waals surface area contributed by atoms with Crippen LogP contribution < -0.4 is 4.90 Å². The van der Waals surface area contributed by atoms with Crippen LogP contribution in [-0.2, 0) is 0 Å². The predicted molar refractivity (Wildman–Crippen MR) is 72.9 cm³/mol. The van der Waals surface area contributed by atoms with E-state index in [-0.39, 0.29) is 0 Å². The molecule has 1 aromatic rings. The van der Waals surface area contributed by atoms with Crippen LogP contribution in [0.3, 0.4) is 0 Å². The summed E-state index contributed by atoms with van der Waals surface area (Å²) in [6.07, 6.45) is 0. The molecule has 0 aliphatic carbocycles. The van der Waals surface area contributed by atoms with Gasteiger partial charge in [-0.05, 0) is 48.2 Å². The molecule has 5 heteroatoms. The topological polar surface area (TPSA) is 43.8 Å². The Morgan fingerprint density at radius 1 is 1.29 bits per heavy atom. The molecule has 4 nitrogen and oxygen atoms in total. The predicted octanol–water partition coefficient (Wildman–Crippen LogP) is 2.15. The van der Waals surface area contributed by atoms with Crippen molar-refractivity contribution in [2.24, 2.45) is 0 Å². The third-order valence-electron chi connectivity index (χ3n) is 2.49. The summed E-state index contributed by atoms with van der Waals surface area (Å²) in [5, 5.41) is 8.87. The molecule has 0 aliphatic heterocycles. The number of carbonyl (C=O) groups is 1. The van der Waals surface area contributed by atoms with Crippen molar-refractivity contribution in [2.45, 2.75) is 0 Å². The molecule has 0 fully saturated rings. The smallest absolute Gasteiger partial charge is 0.335 e. The van der Waals surface area contributed by atoms with Crippen LogP contribution in [0.4, 0.5) is 5.69 Å². The molecule has 0 saturated carbocycles. The molecule has 1 aromatic carbocycles. The fourth-order valence-corrected chi connectivity index (χ4v) is 2.10. The summed E-state index contributed by atoms with van der Waals surface area (Å²) in [6, 6.07) is 5.07. The van der Waals surface area contributed by atoms with Crippen molar-refractivity contribution >= 4 is 27.6 Å². The number of hydrogen-bond donors (Lipinski definition) is 1. The number of likely N-dealkylation sites (N-methyl/N-ethyl adjacent to an activating group) is 2. The summed E-state index contributed by atoms with van der Waals surface area (Å²) >= 11 is 3.40. The molecule has 0 unspecified atom stereocenters. The normalized spacial score (nSPS) is 10.6. The summed E-state index contributed by atoms with van der Waals surface area (Å²) in [5.41, 5.74) is 1.29. The van der Waals surface area contributed by atoms with E-state index < -0.39 is 5.97 Å². The molecule has 0 aliphatic rings. The molecule has 0 bridgehead atoms. The molecule has 0 atom stereocenters. The molecule has 0 heterocycles. The second-order valence-electron chi connectivity index (χ2n) is 4.20. The standard InChI is InChI=1S/C12H17BrN2O2/c1-14(2)6-7-15(3)11-5-4-9(12(16)17)8-10(11)13/h4-5,8H,6-7H2,1-3H3,(H,16,17). The highest BCUT2D eigenvalue weighted by molar-refractivity contribution is 9.10. The van der Waals surface area contributed by atoms with Crippen LogP contribution in [0.25, 0.3) is 0 Å². The Kier molecular flexibility index (Phi) is 4.96. The average molecular weight is 301 g/mol. The van der Waals surface area contributed by atoms with Crippen molar-refractivity contribution in [3.63, 3.8) is 0 Å². The van der Waals surface area contributed by atoms with Crippen LogP contribution in [0.15, 0.2) is 22.7 Å². The van der Waals surface area contributed by atoms with Crippen molar-refractivity contribution in [3.8, 4) is 0 Å². The van der Waals surface area contributed by atoms with Crippen molar-refractivity contribution in [2.75, 3.05) is 39.1 Å². The Morgan fingerprint density at radius 2 is 1.94 bits per heavy atom. The SMILES string of the molecule is CN(C)CCN(C)c1ccc(C(=O)O)cc1Br. The van der Waals surface area contributed by atoms with Gasteiger partial charge in [-0.15, -0.1) is 0 Å². The fraction of sp³-hybridized carbons (Fsp3) is 0.417. The number of anilines is 1. The highest BCUT2D eigenvalue weighted by Gasteiger charge is 2.09. The molecule has 0 spiro atoms. The van der Waals surface area contributed by atoms with Crippen LogP contribution in [0.5, 0.6) is 0 Å². The number of benzene rings is 1. The molecule has 1 N–H and O–H groups in total. The van der Waals surface area contributed by atoms with E-state index in [0.717, 1.165) is 23.2 Å². The van der Waals surface area contributed by atoms with Crippen LogP contribution in [-0.4, -0.2) is 50.2 Å². The zero-order valence-corrected chi connectivity index (χ0v) is 11.9. The minimum atomic E-state index is -0.909. The van der Waals surface area contributed by atoms with Crippen LogP contribution >= 0.6 is 15.9 Å². The Bertz CT molecular complexity index is 407. The van der Waals surface area contributed by atoms with Gasteiger partial charge in [0.05, 0.1) is 11.3 Å². The van der Waals surface area contributed by atoms with E-state index in [9.17, 15) is 4.79 Å². The van der Waals surface area contributed by atoms with E-state index in [2.05, 4.69) is 25.7 Å². The molecular formula is C12H17BrN2O2. The van der Waals surface area contributed by atoms with Gasteiger partial charge in [0, 0.05) is 24.6 Å². The quantitative estimate of drug-likeness (QED) is 0.905. The van der Waals surface area contributed by atoms with Gasteiger partial charge in [-0.3, -0.25) is 0 Å². The summed E-state index contributed by atoms with van der Waals surface area (Å²) in [5.74, 6) is -0.909. The van der Waals surface area contributed by atoms with Crippen LogP contribution in [0, 0.1) is 0 Å². The molecule has 0 aromatic heterocycles. The van der Waals surface area contributed by atoms with Gasteiger partial charge in [0.25, 0.3) is 0 Å². The van der Waals surface area contributed by atoms with Crippen molar-refractivity contribution < 1.29 is 9.90 Å². The van der Waals surface area contributed by atoms with Gasteiger partial charge in [-0.2, -0.15) is 0 Å². The van der Waals surface area contributed by atoms with E-state index in [1.807, 2.05) is 27.2 Å². The fourth-order valence-electron chi connectivity index (χ4n) is 1.42. The lowest BCUT2D eigenvalue weighted by atomic mass is 10.2. The monoisotopic (exact) mass is 300 g/mol. The number of rotatable bonds is 5. The molecule has 0 saturated heterocycles. The van der Waals surface area contributed by atoms with Crippen LogP contribution in [0.2, 0.25) is 0 Å². The first kappa shape index (κ1) is 14.0. The second-order valence-corrected chi connectivity index (χ2v) is 5.05. The summed E-state index contributed by atoms with van der Waals surface area (Å²) < 4.78 is 0.804. The Morgan fingerprint density at radius 3 is 2.41 bits per heavy atom. The van der Waals surface area contributed by atoms with Gasteiger partial charge < -0.3 is 14.9 Å². The van der Waals surface area contributed by atoms with Gasteiger partial charge in [-0.25, -0.2) is 4.79 Å².